The van der Waals surface area contributed by atoms with Crippen molar-refractivity contribution in [3.63, 3.8) is 0 Å². The molecule has 0 radical (unpaired) electrons. The van der Waals surface area contributed by atoms with Gasteiger partial charge in [-0.25, -0.2) is 0 Å². The second-order valence-electron chi connectivity index (χ2n) is 1.86. The number of carbonyl (C=O) groups is 2. The molecule has 0 fully saturated rings. The molecular formula is C5H9KNNaO4. The maximum atomic E-state index is 9.88. The van der Waals surface area contributed by atoms with E-state index in [0.717, 1.165) is 0 Å². The molecule has 1 atom stereocenters. The van der Waals surface area contributed by atoms with Crippen molar-refractivity contribution in [1.29, 1.82) is 0 Å². The zero-order valence-corrected chi connectivity index (χ0v) is 9.36. The zero-order valence-electron chi connectivity index (χ0n) is 6.24. The first-order chi connectivity index (χ1) is 4.54. The van der Waals surface area contributed by atoms with Gasteiger partial charge in [-0.05, 0) is 6.42 Å². The molecule has 0 heterocycles. The average molecular weight is 209 g/mol. The molecule has 0 aromatic rings. The molecule has 60 valence electrons. The summed E-state index contributed by atoms with van der Waals surface area (Å²) in [7, 11) is 0. The van der Waals surface area contributed by atoms with Crippen molar-refractivity contribution in [1.82, 2.24) is 0 Å². The molecule has 0 saturated heterocycles. The molecular weight excluding hydrogens is 200 g/mol. The Hall–Kier alpha value is 1.54. The topological polar surface area (TPSA) is 103 Å². The third-order valence-corrected chi connectivity index (χ3v) is 0.972. The fourth-order valence-corrected chi connectivity index (χ4v) is 0.397. The first-order valence-corrected chi connectivity index (χ1v) is 2.72. The first-order valence-electron chi connectivity index (χ1n) is 2.72. The van der Waals surface area contributed by atoms with E-state index in [-0.39, 0.29) is 93.8 Å². The van der Waals surface area contributed by atoms with Gasteiger partial charge < -0.3 is 20.7 Å². The van der Waals surface area contributed by atoms with E-state index in [9.17, 15) is 14.7 Å². The van der Waals surface area contributed by atoms with Crippen LogP contribution in [0.2, 0.25) is 0 Å². The summed E-state index contributed by atoms with van der Waals surface area (Å²) in [6.45, 7) is 0. The van der Waals surface area contributed by atoms with E-state index >= 15 is 0 Å². The number of rotatable bonds is 4. The van der Waals surface area contributed by atoms with E-state index in [1.54, 1.807) is 0 Å². The van der Waals surface area contributed by atoms with Crippen molar-refractivity contribution in [2.45, 2.75) is 18.9 Å². The Morgan fingerprint density at radius 3 is 2.17 bits per heavy atom. The number of hydrogen-bond acceptors (Lipinski definition) is 4. The molecule has 0 saturated carbocycles. The van der Waals surface area contributed by atoms with Gasteiger partial charge >= 0.3 is 86.9 Å². The molecule has 0 spiro atoms. The molecule has 7 heteroatoms. The molecule has 0 aliphatic rings. The molecule has 0 aromatic carbocycles. The summed E-state index contributed by atoms with van der Waals surface area (Å²) in [4.78, 5) is 19.7. The minimum atomic E-state index is -1.42. The van der Waals surface area contributed by atoms with Crippen LogP contribution in [0.4, 0.5) is 0 Å². The summed E-state index contributed by atoms with van der Waals surface area (Å²) >= 11 is 0. The number of aliphatic carboxylic acids is 2. The van der Waals surface area contributed by atoms with Crippen LogP contribution in [0.5, 0.6) is 0 Å². The van der Waals surface area contributed by atoms with Crippen LogP contribution in [0, 0.1) is 0 Å². The molecule has 12 heavy (non-hydrogen) atoms. The van der Waals surface area contributed by atoms with Crippen LogP contribution in [0.15, 0.2) is 0 Å². The second kappa shape index (κ2) is 10.6. The Morgan fingerprint density at radius 2 is 1.92 bits per heavy atom. The van der Waals surface area contributed by atoms with Gasteiger partial charge in [-0.15, -0.1) is 0 Å². The Kier molecular flexibility index (Phi) is 17.0. The molecule has 5 nitrogen and oxygen atoms in total. The van der Waals surface area contributed by atoms with E-state index < -0.39 is 18.0 Å². The number of hydrogen-bond donors (Lipinski definition) is 2. The average Bonchev–Trinajstić information content (AvgIpc) is 1.82. The fourth-order valence-electron chi connectivity index (χ4n) is 0.397. The Labute approximate surface area is 135 Å². The third-order valence-electron chi connectivity index (χ3n) is 0.972. The molecule has 0 aliphatic heterocycles. The summed E-state index contributed by atoms with van der Waals surface area (Å²) in [6, 6.07) is -1.17. The quantitative estimate of drug-likeness (QED) is 0.449. The van der Waals surface area contributed by atoms with Crippen molar-refractivity contribution in [3.05, 3.63) is 0 Å². The van der Waals surface area contributed by atoms with Crippen LogP contribution in [-0.4, -0.2) is 52.6 Å². The van der Waals surface area contributed by atoms with Gasteiger partial charge in [-0.3, -0.25) is 4.79 Å². The van der Waals surface area contributed by atoms with Gasteiger partial charge in [-0.1, -0.05) is 0 Å². The van der Waals surface area contributed by atoms with Gasteiger partial charge in [0.1, 0.15) is 0 Å². The maximum absolute atomic E-state index is 9.88. The minimum absolute atomic E-state index is 0. The van der Waals surface area contributed by atoms with Gasteiger partial charge in [0.05, 0.1) is 5.97 Å². The van der Waals surface area contributed by atoms with E-state index in [2.05, 4.69) is 0 Å². The van der Waals surface area contributed by atoms with Crippen molar-refractivity contribution in [3.8, 4) is 0 Å². The van der Waals surface area contributed by atoms with Gasteiger partial charge in [-0.2, -0.15) is 0 Å². The summed E-state index contributed by atoms with van der Waals surface area (Å²) < 4.78 is 0. The summed E-state index contributed by atoms with van der Waals surface area (Å²) in [6.07, 6.45) is -0.327. The van der Waals surface area contributed by atoms with E-state index in [1.165, 1.54) is 0 Å². The molecule has 0 aliphatic carbocycles. The van der Waals surface area contributed by atoms with Gasteiger partial charge in [0, 0.05) is 12.5 Å². The molecule has 0 rings (SSSR count). The van der Waals surface area contributed by atoms with Crippen LogP contribution in [-0.2, 0) is 9.59 Å². The van der Waals surface area contributed by atoms with Crippen LogP contribution in [0.3, 0.4) is 0 Å². The first kappa shape index (κ1) is 19.2. The Bertz CT molecular complexity index is 154. The number of carboxylic acids is 2. The van der Waals surface area contributed by atoms with Gasteiger partial charge in [0.15, 0.2) is 0 Å². The third kappa shape index (κ3) is 11.5. The number of carboxylic acid groups (broad SMARTS) is 2. The number of nitrogens with two attached hydrogens (primary N) is 1. The fraction of sp³-hybridized carbons (Fsp3) is 0.600. The van der Waals surface area contributed by atoms with E-state index in [4.69, 9.17) is 10.8 Å². The van der Waals surface area contributed by atoms with E-state index in [0.29, 0.717) is 0 Å². The normalized spacial score (nSPS) is 10.4. The summed E-state index contributed by atoms with van der Waals surface area (Å²) in [5.74, 6) is -2.47. The van der Waals surface area contributed by atoms with Crippen molar-refractivity contribution < 1.29 is 71.2 Å². The Balaban J connectivity index is -0.000000405. The van der Waals surface area contributed by atoms with Crippen LogP contribution >= 0.6 is 0 Å². The molecule has 3 N–H and O–H groups in total. The van der Waals surface area contributed by atoms with Crippen molar-refractivity contribution in [2.75, 3.05) is 0 Å². The van der Waals surface area contributed by atoms with Crippen molar-refractivity contribution >= 4 is 41.5 Å². The van der Waals surface area contributed by atoms with Gasteiger partial charge in [0.25, 0.3) is 0 Å². The number of carbonyl (C=O) groups excluding carboxylic acids is 1. The molecule has 0 bridgehead atoms. The SMILES string of the molecule is N[C@@H](CCC(=O)O)C(=O)[O-].[K+].[NaH]. The van der Waals surface area contributed by atoms with E-state index in [1.807, 2.05) is 0 Å². The van der Waals surface area contributed by atoms with Crippen molar-refractivity contribution in [2.24, 2.45) is 5.73 Å². The molecule has 0 amide bonds. The zero-order chi connectivity index (χ0) is 8.15. The van der Waals surface area contributed by atoms with Gasteiger partial charge in [0.2, 0.25) is 0 Å². The monoisotopic (exact) mass is 209 g/mol. The predicted molar refractivity (Wildman–Crippen MR) is 37.0 cm³/mol. The second-order valence-corrected chi connectivity index (χ2v) is 1.86. The molecule has 0 aromatic heterocycles. The Morgan fingerprint density at radius 1 is 1.50 bits per heavy atom. The molecule has 0 unspecified atom stereocenters. The van der Waals surface area contributed by atoms with Crippen LogP contribution in [0.1, 0.15) is 12.8 Å². The van der Waals surface area contributed by atoms with Crippen LogP contribution in [0.25, 0.3) is 0 Å². The summed E-state index contributed by atoms with van der Waals surface area (Å²) in [5, 5.41) is 18.0. The predicted octanol–water partition coefficient (Wildman–Crippen LogP) is -5.72. The standard InChI is InChI=1S/C5H9NO4.K.Na.H/c6-3(5(9)10)1-2-4(7)8;;;/h3H,1-2,6H2,(H,7,8)(H,9,10);;;/q;+1;;/p-1/t3-;;;/m0.../s1. The summed E-state index contributed by atoms with van der Waals surface area (Å²) in [5.41, 5.74) is 4.94. The van der Waals surface area contributed by atoms with Crippen LogP contribution < -0.4 is 62.2 Å².